The van der Waals surface area contributed by atoms with Gasteiger partial charge in [0.1, 0.15) is 5.75 Å². The standard InChI is InChI=1S/C13H10Br2N2O3S/c1-6(18)16-13-17-12(19)10(21-13)4-7-3-8(14)5-9(15)11(7)20-2/h3-5H,1-2H3,(H,16,17,18,19)/b10-4+. The minimum absolute atomic E-state index is 0.266. The maximum absolute atomic E-state index is 11.8. The lowest BCUT2D eigenvalue weighted by atomic mass is 10.2. The third-order valence-electron chi connectivity index (χ3n) is 2.43. The number of hydrogen-bond donors (Lipinski definition) is 1. The minimum atomic E-state index is -0.387. The molecule has 1 N–H and O–H groups in total. The Morgan fingerprint density at radius 2 is 2.14 bits per heavy atom. The first kappa shape index (κ1) is 16.3. The van der Waals surface area contributed by atoms with Gasteiger partial charge in [-0.3, -0.25) is 9.59 Å². The molecule has 1 aromatic rings. The van der Waals surface area contributed by atoms with Crippen molar-refractivity contribution in [1.29, 1.82) is 0 Å². The third kappa shape index (κ3) is 3.96. The summed E-state index contributed by atoms with van der Waals surface area (Å²) in [4.78, 5) is 27.0. The Morgan fingerprint density at radius 3 is 2.76 bits per heavy atom. The molecule has 5 nitrogen and oxygen atoms in total. The Balaban J connectivity index is 2.34. The molecule has 0 fully saturated rings. The van der Waals surface area contributed by atoms with E-state index in [0.717, 1.165) is 26.3 Å². The second-order valence-electron chi connectivity index (χ2n) is 4.02. The largest absolute Gasteiger partial charge is 0.495 e. The fourth-order valence-electron chi connectivity index (χ4n) is 1.66. The normalized spacial score (nSPS) is 16.1. The lowest BCUT2D eigenvalue weighted by molar-refractivity contribution is -0.117. The molecule has 1 aliphatic rings. The van der Waals surface area contributed by atoms with E-state index in [0.29, 0.717) is 10.7 Å². The van der Waals surface area contributed by atoms with Gasteiger partial charge in [-0.05, 0) is 45.9 Å². The molecular formula is C13H10Br2N2O3S. The fourth-order valence-corrected chi connectivity index (χ4v) is 3.93. The highest BCUT2D eigenvalue weighted by atomic mass is 79.9. The maximum atomic E-state index is 11.8. The molecule has 0 saturated heterocycles. The van der Waals surface area contributed by atoms with Gasteiger partial charge in [0.25, 0.3) is 5.91 Å². The molecule has 1 heterocycles. The van der Waals surface area contributed by atoms with Crippen LogP contribution in [-0.2, 0) is 9.59 Å². The van der Waals surface area contributed by atoms with E-state index in [-0.39, 0.29) is 17.0 Å². The summed E-state index contributed by atoms with van der Waals surface area (Å²) in [6.45, 7) is 1.36. The van der Waals surface area contributed by atoms with Crippen molar-refractivity contribution in [3.8, 4) is 5.75 Å². The van der Waals surface area contributed by atoms with E-state index in [9.17, 15) is 9.59 Å². The monoisotopic (exact) mass is 432 g/mol. The summed E-state index contributed by atoms with van der Waals surface area (Å²) >= 11 is 7.92. The number of carbonyl (C=O) groups excluding carboxylic acids is 2. The second kappa shape index (κ2) is 6.76. The smallest absolute Gasteiger partial charge is 0.286 e. The van der Waals surface area contributed by atoms with Crippen molar-refractivity contribution in [2.24, 2.45) is 4.99 Å². The number of aliphatic imine (C=N–C) groups is 1. The number of amidine groups is 1. The van der Waals surface area contributed by atoms with Crippen LogP contribution < -0.4 is 10.1 Å². The molecule has 1 aromatic carbocycles. The highest BCUT2D eigenvalue weighted by Gasteiger charge is 2.23. The number of benzene rings is 1. The molecule has 0 aliphatic carbocycles. The van der Waals surface area contributed by atoms with E-state index in [4.69, 9.17) is 4.74 Å². The van der Waals surface area contributed by atoms with Gasteiger partial charge in [0, 0.05) is 17.0 Å². The van der Waals surface area contributed by atoms with E-state index in [1.807, 2.05) is 12.1 Å². The van der Waals surface area contributed by atoms with E-state index >= 15 is 0 Å². The van der Waals surface area contributed by atoms with E-state index in [2.05, 4.69) is 42.2 Å². The predicted molar refractivity (Wildman–Crippen MR) is 90.2 cm³/mol. The molecule has 21 heavy (non-hydrogen) atoms. The Hall–Kier alpha value is -1.12. The number of methoxy groups -OCH3 is 1. The Kier molecular flexibility index (Phi) is 5.23. The molecule has 8 heteroatoms. The van der Waals surface area contributed by atoms with Crippen LogP contribution in [0.25, 0.3) is 6.08 Å². The first-order valence-corrected chi connectivity index (χ1v) is 8.14. The quantitative estimate of drug-likeness (QED) is 0.726. The van der Waals surface area contributed by atoms with Gasteiger partial charge in [0.15, 0.2) is 5.17 Å². The summed E-state index contributed by atoms with van der Waals surface area (Å²) in [5.74, 6) is -0.0351. The van der Waals surface area contributed by atoms with Crippen LogP contribution in [0.15, 0.2) is 31.0 Å². The van der Waals surface area contributed by atoms with Gasteiger partial charge in [-0.15, -0.1) is 0 Å². The first-order chi connectivity index (χ1) is 9.90. The highest BCUT2D eigenvalue weighted by Crippen LogP contribution is 2.36. The van der Waals surface area contributed by atoms with Crippen LogP contribution in [0, 0.1) is 0 Å². The van der Waals surface area contributed by atoms with E-state index < -0.39 is 0 Å². The first-order valence-electron chi connectivity index (χ1n) is 5.74. The molecule has 0 saturated carbocycles. The summed E-state index contributed by atoms with van der Waals surface area (Å²) in [6.07, 6.45) is 1.68. The fraction of sp³-hybridized carbons (Fsp3) is 0.154. The zero-order valence-corrected chi connectivity index (χ0v) is 15.1. The molecule has 110 valence electrons. The number of thioether (sulfide) groups is 1. The van der Waals surface area contributed by atoms with Gasteiger partial charge in [-0.25, -0.2) is 0 Å². The molecule has 0 aromatic heterocycles. The molecular weight excluding hydrogens is 424 g/mol. The Bertz CT molecular complexity index is 686. The molecule has 0 bridgehead atoms. The Labute approximate surface area is 142 Å². The van der Waals surface area contributed by atoms with Gasteiger partial charge in [-0.2, -0.15) is 4.99 Å². The van der Waals surface area contributed by atoms with Crippen LogP contribution in [-0.4, -0.2) is 24.1 Å². The molecule has 2 amide bonds. The van der Waals surface area contributed by atoms with Gasteiger partial charge >= 0.3 is 0 Å². The molecule has 0 atom stereocenters. The minimum Gasteiger partial charge on any atom is -0.495 e. The van der Waals surface area contributed by atoms with Crippen molar-refractivity contribution in [2.45, 2.75) is 6.92 Å². The number of rotatable bonds is 2. The van der Waals surface area contributed by atoms with Crippen LogP contribution >= 0.6 is 43.6 Å². The number of ether oxygens (including phenoxy) is 1. The van der Waals surface area contributed by atoms with Gasteiger partial charge in [-0.1, -0.05) is 15.9 Å². The van der Waals surface area contributed by atoms with E-state index in [1.54, 1.807) is 13.2 Å². The van der Waals surface area contributed by atoms with Crippen molar-refractivity contribution in [3.05, 3.63) is 31.5 Å². The number of halogens is 2. The van der Waals surface area contributed by atoms with Crippen molar-refractivity contribution in [2.75, 3.05) is 7.11 Å². The van der Waals surface area contributed by atoms with Crippen molar-refractivity contribution >= 4 is 66.7 Å². The number of carbonyl (C=O) groups is 2. The van der Waals surface area contributed by atoms with Gasteiger partial charge in [0.2, 0.25) is 5.91 Å². The van der Waals surface area contributed by atoms with Crippen LogP contribution in [0.3, 0.4) is 0 Å². The zero-order valence-electron chi connectivity index (χ0n) is 11.1. The molecule has 2 rings (SSSR count). The molecule has 0 unspecified atom stereocenters. The Morgan fingerprint density at radius 1 is 1.43 bits per heavy atom. The summed E-state index contributed by atoms with van der Waals surface area (Å²) in [5.41, 5.74) is 0.730. The van der Waals surface area contributed by atoms with E-state index in [1.165, 1.54) is 6.92 Å². The zero-order chi connectivity index (χ0) is 15.6. The number of hydrogen-bond acceptors (Lipinski definition) is 4. The summed E-state index contributed by atoms with van der Waals surface area (Å²) in [5, 5.41) is 2.79. The average molecular weight is 434 g/mol. The summed E-state index contributed by atoms with van der Waals surface area (Å²) in [7, 11) is 1.55. The molecule has 0 spiro atoms. The van der Waals surface area contributed by atoms with Gasteiger partial charge < -0.3 is 10.1 Å². The van der Waals surface area contributed by atoms with Crippen molar-refractivity contribution in [1.82, 2.24) is 5.32 Å². The lowest BCUT2D eigenvalue weighted by Crippen LogP contribution is -2.23. The van der Waals surface area contributed by atoms with Crippen LogP contribution in [0.2, 0.25) is 0 Å². The van der Waals surface area contributed by atoms with Crippen LogP contribution in [0.4, 0.5) is 0 Å². The van der Waals surface area contributed by atoms with Crippen LogP contribution in [0.5, 0.6) is 5.75 Å². The third-order valence-corrected chi connectivity index (χ3v) is 4.38. The maximum Gasteiger partial charge on any atom is 0.286 e. The SMILES string of the molecule is COc1c(Br)cc(Br)cc1/C=C1/SC(NC(C)=O)=NC1=O. The lowest BCUT2D eigenvalue weighted by Gasteiger charge is -2.08. The topological polar surface area (TPSA) is 67.8 Å². The summed E-state index contributed by atoms with van der Waals surface area (Å²) in [6, 6.07) is 3.69. The number of nitrogens with one attached hydrogen (secondary N) is 1. The molecule has 0 radical (unpaired) electrons. The molecule has 1 aliphatic heterocycles. The predicted octanol–water partition coefficient (Wildman–Crippen LogP) is 3.33. The number of nitrogens with zero attached hydrogens (tertiary/aromatic N) is 1. The van der Waals surface area contributed by atoms with Crippen molar-refractivity contribution < 1.29 is 14.3 Å². The second-order valence-corrected chi connectivity index (χ2v) is 6.82. The van der Waals surface area contributed by atoms with Crippen LogP contribution in [0.1, 0.15) is 12.5 Å². The average Bonchev–Trinajstić information content (AvgIpc) is 2.68. The highest BCUT2D eigenvalue weighted by molar-refractivity contribution is 9.11. The number of amides is 2. The summed E-state index contributed by atoms with van der Waals surface area (Å²) < 4.78 is 6.94. The van der Waals surface area contributed by atoms with Crippen molar-refractivity contribution in [3.63, 3.8) is 0 Å². The van der Waals surface area contributed by atoms with Gasteiger partial charge in [0.05, 0.1) is 16.5 Å².